The molecule has 3 fully saturated rings. The van der Waals surface area contributed by atoms with E-state index in [1.54, 1.807) is 4.90 Å². The van der Waals surface area contributed by atoms with E-state index in [0.717, 1.165) is 25.7 Å². The van der Waals surface area contributed by atoms with E-state index in [2.05, 4.69) is 10.6 Å². The smallest absolute Gasteiger partial charge is 0.246 e. The number of carbonyl (C=O) groups is 3. The lowest BCUT2D eigenvalue weighted by Gasteiger charge is -2.35. The average Bonchev–Trinajstić information content (AvgIpc) is 3.40. The van der Waals surface area contributed by atoms with Gasteiger partial charge in [0, 0.05) is 24.4 Å². The molecule has 1 aromatic carbocycles. The Bertz CT molecular complexity index is 915. The Labute approximate surface area is 201 Å². The van der Waals surface area contributed by atoms with E-state index in [0.29, 0.717) is 25.1 Å². The molecule has 3 aliphatic rings. The minimum atomic E-state index is -0.971. The van der Waals surface area contributed by atoms with E-state index >= 15 is 0 Å². The predicted molar refractivity (Wildman–Crippen MR) is 128 cm³/mol. The van der Waals surface area contributed by atoms with Crippen LogP contribution in [0.25, 0.3) is 0 Å². The fourth-order valence-corrected chi connectivity index (χ4v) is 5.93. The molecule has 3 amide bonds. The average molecular weight is 472 g/mol. The number of aliphatic hydroxyl groups excluding tert-OH is 1. The number of nitrogens with zero attached hydrogens (tertiary/aromatic N) is 1. The number of amides is 3. The number of fused-ring (bicyclic) bond motifs is 1. The van der Waals surface area contributed by atoms with Gasteiger partial charge < -0.3 is 25.4 Å². The van der Waals surface area contributed by atoms with Crippen LogP contribution in [0.4, 0.5) is 5.69 Å². The highest BCUT2D eigenvalue weighted by Gasteiger charge is 2.74. The molecule has 8 nitrogen and oxygen atoms in total. The number of nitrogens with one attached hydrogen (secondary N) is 2. The van der Waals surface area contributed by atoms with Gasteiger partial charge in [-0.25, -0.2) is 0 Å². The summed E-state index contributed by atoms with van der Waals surface area (Å²) in [6.07, 6.45) is 4.06. The number of hydrogen-bond donors (Lipinski definition) is 3. The lowest BCUT2D eigenvalue weighted by Crippen LogP contribution is -2.58. The van der Waals surface area contributed by atoms with Crippen molar-refractivity contribution in [3.63, 3.8) is 0 Å². The van der Waals surface area contributed by atoms with Crippen molar-refractivity contribution >= 4 is 23.4 Å². The maximum atomic E-state index is 13.8. The van der Waals surface area contributed by atoms with Gasteiger partial charge in [-0.15, -0.1) is 0 Å². The molecule has 0 saturated carbocycles. The van der Waals surface area contributed by atoms with Crippen LogP contribution in [0.5, 0.6) is 0 Å². The van der Waals surface area contributed by atoms with Crippen LogP contribution in [0.15, 0.2) is 30.3 Å². The van der Waals surface area contributed by atoms with Crippen molar-refractivity contribution in [2.24, 2.45) is 11.8 Å². The molecule has 0 aromatic heterocycles. The minimum Gasteiger partial charge on any atom is -0.396 e. The fourth-order valence-electron chi connectivity index (χ4n) is 5.93. The quantitative estimate of drug-likeness (QED) is 0.480. The molecular formula is C26H37N3O5. The molecule has 2 bridgehead atoms. The number of anilines is 1. The topological polar surface area (TPSA) is 108 Å². The number of hydrogen-bond acceptors (Lipinski definition) is 5. The molecule has 3 heterocycles. The van der Waals surface area contributed by atoms with E-state index in [1.165, 1.54) is 0 Å². The first kappa shape index (κ1) is 24.7. The van der Waals surface area contributed by atoms with Crippen LogP contribution in [-0.4, -0.2) is 64.2 Å². The molecule has 4 rings (SSSR count). The van der Waals surface area contributed by atoms with Crippen LogP contribution in [0.1, 0.15) is 59.3 Å². The number of aliphatic hydroxyl groups is 1. The predicted octanol–water partition coefficient (Wildman–Crippen LogP) is 2.47. The summed E-state index contributed by atoms with van der Waals surface area (Å²) in [6.45, 7) is 6.33. The van der Waals surface area contributed by atoms with Gasteiger partial charge in [0.2, 0.25) is 17.7 Å². The van der Waals surface area contributed by atoms with Crippen molar-refractivity contribution in [3.8, 4) is 0 Å². The summed E-state index contributed by atoms with van der Waals surface area (Å²) in [6, 6.07) is 8.46. The molecule has 5 atom stereocenters. The molecule has 3 aliphatic heterocycles. The Morgan fingerprint density at radius 2 is 1.82 bits per heavy atom. The molecule has 1 spiro atoms. The summed E-state index contributed by atoms with van der Waals surface area (Å²) in [7, 11) is 0. The van der Waals surface area contributed by atoms with E-state index in [9.17, 15) is 14.4 Å². The van der Waals surface area contributed by atoms with Crippen LogP contribution in [-0.2, 0) is 19.1 Å². The van der Waals surface area contributed by atoms with Crippen LogP contribution >= 0.6 is 0 Å². The summed E-state index contributed by atoms with van der Waals surface area (Å²) in [5.74, 6) is -1.89. The number of likely N-dealkylation sites (tertiary alicyclic amines) is 1. The third-order valence-corrected chi connectivity index (χ3v) is 7.20. The summed E-state index contributed by atoms with van der Waals surface area (Å²) in [4.78, 5) is 42.3. The molecular weight excluding hydrogens is 434 g/mol. The van der Waals surface area contributed by atoms with Crippen molar-refractivity contribution in [2.75, 3.05) is 18.5 Å². The Kier molecular flexibility index (Phi) is 7.01. The number of carbonyl (C=O) groups excluding carboxylic acids is 3. The number of para-hydroxylation sites is 1. The number of unbranched alkanes of at least 4 members (excludes halogenated alkanes) is 3. The Hall–Kier alpha value is -2.45. The van der Waals surface area contributed by atoms with Gasteiger partial charge in [0.25, 0.3) is 0 Å². The van der Waals surface area contributed by atoms with Crippen molar-refractivity contribution in [2.45, 2.75) is 82.6 Å². The maximum absolute atomic E-state index is 13.8. The normalized spacial score (nSPS) is 29.9. The Balaban J connectivity index is 1.59. The van der Waals surface area contributed by atoms with Gasteiger partial charge in [0.05, 0.1) is 17.9 Å². The first-order valence-electron chi connectivity index (χ1n) is 12.4. The van der Waals surface area contributed by atoms with Gasteiger partial charge in [-0.05, 0) is 58.6 Å². The number of ether oxygens (including phenoxy) is 1. The SMILES string of the molecule is CC(C)(C)NC(=O)C1N(CCCCCCO)C(=O)[C@@H]2[C@H](C(=O)Nc3ccccc3)[C@@H]3CCC12O3. The van der Waals surface area contributed by atoms with Crippen LogP contribution < -0.4 is 10.6 Å². The lowest BCUT2D eigenvalue weighted by atomic mass is 9.70. The number of benzene rings is 1. The monoisotopic (exact) mass is 471 g/mol. The van der Waals surface area contributed by atoms with Gasteiger partial charge >= 0.3 is 0 Å². The van der Waals surface area contributed by atoms with Crippen molar-refractivity contribution < 1.29 is 24.2 Å². The van der Waals surface area contributed by atoms with Crippen LogP contribution in [0.2, 0.25) is 0 Å². The molecule has 186 valence electrons. The second-order valence-corrected chi connectivity index (χ2v) is 10.8. The van der Waals surface area contributed by atoms with Crippen molar-refractivity contribution in [1.82, 2.24) is 10.2 Å². The summed E-state index contributed by atoms with van der Waals surface area (Å²) in [5.41, 5.74) is -0.749. The molecule has 2 unspecified atom stereocenters. The standard InChI is InChI=1S/C26H37N3O5/c1-25(2,3)28-23(32)21-26-14-13-18(34-26)19(22(31)27-17-11-7-6-8-12-17)20(26)24(33)29(21)15-9-4-5-10-16-30/h6-8,11-12,18-21,30H,4-5,9-10,13-16H2,1-3H3,(H,27,31)(H,28,32)/t18-,19+,20-,21?,26?/m0/s1. The van der Waals surface area contributed by atoms with Crippen molar-refractivity contribution in [3.05, 3.63) is 30.3 Å². The molecule has 1 aromatic rings. The van der Waals surface area contributed by atoms with Gasteiger partial charge in [0.1, 0.15) is 11.6 Å². The van der Waals surface area contributed by atoms with E-state index < -0.39 is 29.0 Å². The highest BCUT2D eigenvalue weighted by Crippen LogP contribution is 2.58. The lowest BCUT2D eigenvalue weighted by molar-refractivity contribution is -0.142. The first-order chi connectivity index (χ1) is 16.2. The third-order valence-electron chi connectivity index (χ3n) is 7.20. The maximum Gasteiger partial charge on any atom is 0.246 e. The fraction of sp³-hybridized carbons (Fsp3) is 0.654. The van der Waals surface area contributed by atoms with Gasteiger partial charge in [-0.3, -0.25) is 14.4 Å². The van der Waals surface area contributed by atoms with E-state index in [-0.39, 0.29) is 30.4 Å². The summed E-state index contributed by atoms with van der Waals surface area (Å²) >= 11 is 0. The molecule has 3 saturated heterocycles. The van der Waals surface area contributed by atoms with Crippen LogP contribution in [0.3, 0.4) is 0 Å². The largest absolute Gasteiger partial charge is 0.396 e. The molecule has 0 aliphatic carbocycles. The first-order valence-corrected chi connectivity index (χ1v) is 12.4. The second kappa shape index (κ2) is 9.66. The third kappa shape index (κ3) is 4.58. The Morgan fingerprint density at radius 3 is 2.50 bits per heavy atom. The van der Waals surface area contributed by atoms with E-state index in [4.69, 9.17) is 9.84 Å². The highest BCUT2D eigenvalue weighted by molar-refractivity contribution is 6.02. The summed E-state index contributed by atoms with van der Waals surface area (Å²) in [5, 5.41) is 15.0. The Morgan fingerprint density at radius 1 is 1.12 bits per heavy atom. The van der Waals surface area contributed by atoms with Gasteiger partial charge in [-0.2, -0.15) is 0 Å². The minimum absolute atomic E-state index is 0.151. The zero-order valence-corrected chi connectivity index (χ0v) is 20.4. The van der Waals surface area contributed by atoms with E-state index in [1.807, 2.05) is 51.1 Å². The highest BCUT2D eigenvalue weighted by atomic mass is 16.5. The van der Waals surface area contributed by atoms with Gasteiger partial charge in [-0.1, -0.05) is 31.0 Å². The van der Waals surface area contributed by atoms with Gasteiger partial charge in [0.15, 0.2) is 0 Å². The zero-order valence-electron chi connectivity index (χ0n) is 20.4. The molecule has 34 heavy (non-hydrogen) atoms. The molecule has 8 heteroatoms. The molecule has 0 radical (unpaired) electrons. The summed E-state index contributed by atoms with van der Waals surface area (Å²) < 4.78 is 6.43. The van der Waals surface area contributed by atoms with Crippen LogP contribution in [0, 0.1) is 11.8 Å². The van der Waals surface area contributed by atoms with Crippen molar-refractivity contribution in [1.29, 1.82) is 0 Å². The second-order valence-electron chi connectivity index (χ2n) is 10.8. The number of rotatable bonds is 9. The zero-order chi connectivity index (χ0) is 24.5. The molecule has 3 N–H and O–H groups in total.